The number of ether oxygens (including phenoxy) is 3. The lowest BCUT2D eigenvalue weighted by Gasteiger charge is -2.30. The van der Waals surface area contributed by atoms with Gasteiger partial charge in [-0.15, -0.1) is 0 Å². The monoisotopic (exact) mass is 510 g/mol. The van der Waals surface area contributed by atoms with Crippen LogP contribution in [0.2, 0.25) is 0 Å². The van der Waals surface area contributed by atoms with Crippen molar-refractivity contribution < 1.29 is 28.6 Å². The van der Waals surface area contributed by atoms with E-state index in [0.29, 0.717) is 39.0 Å². The second kappa shape index (κ2) is 12.5. The van der Waals surface area contributed by atoms with E-state index in [4.69, 9.17) is 26.4 Å². The fraction of sp³-hybridized carbons (Fsp3) is 0.240. The lowest BCUT2D eigenvalue weighted by Crippen LogP contribution is -2.45. The molecule has 1 aliphatic rings. The van der Waals surface area contributed by atoms with E-state index in [1.54, 1.807) is 62.4 Å². The largest absolute Gasteiger partial charge is 0.483 e. The van der Waals surface area contributed by atoms with Gasteiger partial charge in [0.1, 0.15) is 11.5 Å². The molecule has 10 nitrogen and oxygen atoms in total. The van der Waals surface area contributed by atoms with Crippen molar-refractivity contribution in [3.8, 4) is 11.5 Å². The summed E-state index contributed by atoms with van der Waals surface area (Å²) in [6.07, 6.45) is 1.41. The van der Waals surface area contributed by atoms with E-state index in [1.165, 1.54) is 13.1 Å². The maximum atomic E-state index is 12.6. The summed E-state index contributed by atoms with van der Waals surface area (Å²) in [5.74, 6) is -0.653. The number of para-hydroxylation sites is 1. The SMILES string of the molecule is CCOC(=O)C1=C(C)NC(=S)N[C@@H]1c1ccccc1OCC(=O)NN=Cc1cccc(OC(C)=O)c1. The quantitative estimate of drug-likeness (QED) is 0.153. The molecule has 0 radical (unpaired) electrons. The van der Waals surface area contributed by atoms with Gasteiger partial charge >= 0.3 is 11.9 Å². The highest BCUT2D eigenvalue weighted by Crippen LogP contribution is 2.33. The van der Waals surface area contributed by atoms with Gasteiger partial charge in [0.05, 0.1) is 24.4 Å². The van der Waals surface area contributed by atoms with Gasteiger partial charge in [-0.2, -0.15) is 5.10 Å². The van der Waals surface area contributed by atoms with Crippen LogP contribution >= 0.6 is 12.2 Å². The Bertz CT molecular complexity index is 1230. The molecule has 3 N–H and O–H groups in total. The Morgan fingerprint density at radius 1 is 1.17 bits per heavy atom. The van der Waals surface area contributed by atoms with Crippen molar-refractivity contribution in [3.63, 3.8) is 0 Å². The topological polar surface area (TPSA) is 127 Å². The number of rotatable bonds is 9. The maximum absolute atomic E-state index is 12.6. The third kappa shape index (κ3) is 7.12. The van der Waals surface area contributed by atoms with E-state index >= 15 is 0 Å². The molecule has 1 atom stereocenters. The van der Waals surface area contributed by atoms with E-state index in [2.05, 4.69) is 21.2 Å². The molecule has 1 amide bonds. The van der Waals surface area contributed by atoms with Gasteiger partial charge < -0.3 is 24.8 Å². The summed E-state index contributed by atoms with van der Waals surface area (Å²) >= 11 is 5.28. The van der Waals surface area contributed by atoms with Crippen LogP contribution in [0.1, 0.15) is 37.9 Å². The highest BCUT2D eigenvalue weighted by Gasteiger charge is 2.32. The molecule has 0 aliphatic carbocycles. The zero-order chi connectivity index (χ0) is 26.1. The van der Waals surface area contributed by atoms with Crippen LogP contribution < -0.4 is 25.5 Å². The number of hydrazone groups is 1. The molecule has 2 aromatic rings. The molecule has 0 saturated carbocycles. The summed E-state index contributed by atoms with van der Waals surface area (Å²) in [4.78, 5) is 36.0. The third-order valence-electron chi connectivity index (χ3n) is 4.88. The Balaban J connectivity index is 1.68. The summed E-state index contributed by atoms with van der Waals surface area (Å²) < 4.78 is 16.0. The van der Waals surface area contributed by atoms with E-state index < -0.39 is 23.9 Å². The predicted molar refractivity (Wildman–Crippen MR) is 136 cm³/mol. The molecule has 0 unspecified atom stereocenters. The van der Waals surface area contributed by atoms with Gasteiger partial charge in [0.15, 0.2) is 11.7 Å². The highest BCUT2D eigenvalue weighted by atomic mass is 32.1. The molecule has 1 aliphatic heterocycles. The van der Waals surface area contributed by atoms with Gasteiger partial charge in [-0.05, 0) is 49.8 Å². The van der Waals surface area contributed by atoms with Crippen molar-refractivity contribution in [3.05, 3.63) is 70.9 Å². The number of benzene rings is 2. The summed E-state index contributed by atoms with van der Waals surface area (Å²) in [6, 6.07) is 13.1. The van der Waals surface area contributed by atoms with Gasteiger partial charge in [-0.1, -0.05) is 30.3 Å². The molecule has 36 heavy (non-hydrogen) atoms. The van der Waals surface area contributed by atoms with Gasteiger partial charge in [0.2, 0.25) is 0 Å². The average Bonchev–Trinajstić information content (AvgIpc) is 2.82. The smallest absolute Gasteiger partial charge is 0.338 e. The molecular formula is C25H26N4O6S. The first-order chi connectivity index (χ1) is 17.3. The molecule has 11 heteroatoms. The molecule has 0 bridgehead atoms. The van der Waals surface area contributed by atoms with E-state index in [1.807, 2.05) is 0 Å². The summed E-state index contributed by atoms with van der Waals surface area (Å²) in [5.41, 5.74) is 4.56. The predicted octanol–water partition coefficient (Wildman–Crippen LogP) is 2.50. The molecular weight excluding hydrogens is 484 g/mol. The summed E-state index contributed by atoms with van der Waals surface area (Å²) in [7, 11) is 0. The van der Waals surface area contributed by atoms with Crippen molar-refractivity contribution in [1.29, 1.82) is 0 Å². The first-order valence-corrected chi connectivity index (χ1v) is 11.5. The number of esters is 2. The molecule has 0 spiro atoms. The number of nitrogens with one attached hydrogen (secondary N) is 3. The fourth-order valence-electron chi connectivity index (χ4n) is 3.44. The second-order valence-electron chi connectivity index (χ2n) is 7.58. The van der Waals surface area contributed by atoms with Crippen LogP contribution in [-0.2, 0) is 19.1 Å². The Kier molecular flexibility index (Phi) is 9.12. The lowest BCUT2D eigenvalue weighted by molar-refractivity contribution is -0.139. The van der Waals surface area contributed by atoms with Crippen LogP contribution in [0.4, 0.5) is 0 Å². The molecule has 2 aromatic carbocycles. The minimum atomic E-state index is -0.625. The standard InChI is InChI=1S/C25H26N4O6S/c1-4-33-24(32)22-15(2)27-25(36)28-23(22)19-10-5-6-11-20(19)34-14-21(31)29-26-13-17-8-7-9-18(12-17)35-16(3)30/h5-13,23H,4,14H2,1-3H3,(H,29,31)(H2,27,28,36)/t23-/m1/s1. The Labute approximate surface area is 213 Å². The van der Waals surface area contributed by atoms with E-state index in [-0.39, 0.29) is 13.2 Å². The van der Waals surface area contributed by atoms with Gasteiger partial charge in [-0.3, -0.25) is 9.59 Å². The second-order valence-corrected chi connectivity index (χ2v) is 7.98. The van der Waals surface area contributed by atoms with Crippen LogP contribution in [0.25, 0.3) is 0 Å². The average molecular weight is 511 g/mol. The molecule has 3 rings (SSSR count). The zero-order valence-corrected chi connectivity index (χ0v) is 20.8. The molecule has 0 aromatic heterocycles. The number of amides is 1. The normalized spacial score (nSPS) is 15.1. The van der Waals surface area contributed by atoms with Gasteiger partial charge in [-0.25, -0.2) is 10.2 Å². The van der Waals surface area contributed by atoms with Crippen molar-refractivity contribution in [2.45, 2.75) is 26.8 Å². The van der Waals surface area contributed by atoms with Crippen LogP contribution in [0.5, 0.6) is 11.5 Å². The van der Waals surface area contributed by atoms with E-state index in [9.17, 15) is 14.4 Å². The molecule has 0 fully saturated rings. The molecule has 1 heterocycles. The van der Waals surface area contributed by atoms with Gasteiger partial charge in [0, 0.05) is 18.2 Å². The van der Waals surface area contributed by atoms with Crippen molar-refractivity contribution in [1.82, 2.24) is 16.1 Å². The Hall–Kier alpha value is -4.25. The first kappa shape index (κ1) is 26.4. The van der Waals surface area contributed by atoms with Crippen LogP contribution in [0.15, 0.2) is 64.9 Å². The zero-order valence-electron chi connectivity index (χ0n) is 20.0. The van der Waals surface area contributed by atoms with Crippen LogP contribution in [0.3, 0.4) is 0 Å². The van der Waals surface area contributed by atoms with Crippen LogP contribution in [-0.4, -0.2) is 42.4 Å². The number of hydrogen-bond acceptors (Lipinski definition) is 8. The molecule has 0 saturated heterocycles. The number of carbonyl (C=O) groups excluding carboxylic acids is 3. The third-order valence-corrected chi connectivity index (χ3v) is 5.10. The number of allylic oxidation sites excluding steroid dienone is 1. The van der Waals surface area contributed by atoms with Crippen molar-refractivity contribution >= 4 is 41.4 Å². The van der Waals surface area contributed by atoms with Gasteiger partial charge in [0.25, 0.3) is 5.91 Å². The Morgan fingerprint density at radius 2 is 1.94 bits per heavy atom. The van der Waals surface area contributed by atoms with E-state index in [0.717, 1.165) is 0 Å². The Morgan fingerprint density at radius 3 is 2.69 bits per heavy atom. The van der Waals surface area contributed by atoms with Crippen LogP contribution in [0, 0.1) is 0 Å². The summed E-state index contributed by atoms with van der Waals surface area (Å²) in [6.45, 7) is 4.67. The number of carbonyl (C=O) groups is 3. The number of nitrogens with zero attached hydrogens (tertiary/aromatic N) is 1. The lowest BCUT2D eigenvalue weighted by atomic mass is 9.95. The fourth-order valence-corrected chi connectivity index (χ4v) is 3.71. The first-order valence-electron chi connectivity index (χ1n) is 11.1. The summed E-state index contributed by atoms with van der Waals surface area (Å²) in [5, 5.41) is 10.3. The van der Waals surface area contributed by atoms with Crippen molar-refractivity contribution in [2.75, 3.05) is 13.2 Å². The minimum absolute atomic E-state index is 0.222. The number of thiocarbonyl (C=S) groups is 1. The molecule has 188 valence electrons. The van der Waals surface area contributed by atoms with Crippen molar-refractivity contribution in [2.24, 2.45) is 5.10 Å². The minimum Gasteiger partial charge on any atom is -0.483 e. The highest BCUT2D eigenvalue weighted by molar-refractivity contribution is 7.80. The number of hydrogen-bond donors (Lipinski definition) is 3. The maximum Gasteiger partial charge on any atom is 0.338 e.